The van der Waals surface area contributed by atoms with E-state index in [1.807, 2.05) is 0 Å². The number of nitrogens with zero attached hydrogens (tertiary/aromatic N) is 2. The Morgan fingerprint density at radius 1 is 1.08 bits per heavy atom. The van der Waals surface area contributed by atoms with Gasteiger partial charge in [-0.1, -0.05) is 29.3 Å². The summed E-state index contributed by atoms with van der Waals surface area (Å²) in [6.45, 7) is 0.298. The number of fused-ring (bicyclic) bond motifs is 1. The molecule has 0 atom stereocenters. The molecule has 0 unspecified atom stereocenters. The molecular weight excluding hydrogens is 351 g/mol. The van der Waals surface area contributed by atoms with Crippen LogP contribution in [0.5, 0.6) is 11.5 Å². The van der Waals surface area contributed by atoms with Gasteiger partial charge in [-0.3, -0.25) is 9.36 Å². The van der Waals surface area contributed by atoms with Crippen LogP contribution in [0.2, 0.25) is 10.0 Å². The van der Waals surface area contributed by atoms with Crippen LogP contribution in [0.15, 0.2) is 41.5 Å². The number of aromatic nitrogens is 2. The van der Waals surface area contributed by atoms with Gasteiger partial charge in [0, 0.05) is 16.1 Å². The van der Waals surface area contributed by atoms with E-state index in [0.29, 0.717) is 39.0 Å². The zero-order valence-electron chi connectivity index (χ0n) is 13.0. The maximum atomic E-state index is 12.7. The number of rotatable bonds is 4. The van der Waals surface area contributed by atoms with Crippen LogP contribution >= 0.6 is 23.2 Å². The van der Waals surface area contributed by atoms with E-state index < -0.39 is 0 Å². The molecule has 0 bridgehead atoms. The van der Waals surface area contributed by atoms with Crippen molar-refractivity contribution in [1.29, 1.82) is 0 Å². The number of methoxy groups -OCH3 is 2. The van der Waals surface area contributed by atoms with Crippen LogP contribution in [0, 0.1) is 0 Å². The third-order valence-electron chi connectivity index (χ3n) is 3.69. The summed E-state index contributed by atoms with van der Waals surface area (Å²) in [5, 5.41) is 1.49. The minimum absolute atomic E-state index is 0.188. The molecule has 0 fully saturated rings. The molecule has 0 saturated heterocycles. The zero-order chi connectivity index (χ0) is 17.3. The zero-order valence-corrected chi connectivity index (χ0v) is 14.6. The number of hydrogen-bond acceptors (Lipinski definition) is 4. The highest BCUT2D eigenvalue weighted by Gasteiger charge is 2.12. The summed E-state index contributed by atoms with van der Waals surface area (Å²) in [6, 6.07) is 8.47. The van der Waals surface area contributed by atoms with Crippen molar-refractivity contribution in [2.24, 2.45) is 0 Å². The van der Waals surface area contributed by atoms with Crippen molar-refractivity contribution < 1.29 is 9.47 Å². The maximum Gasteiger partial charge on any atom is 0.261 e. The van der Waals surface area contributed by atoms with Crippen LogP contribution in [-0.2, 0) is 6.54 Å². The van der Waals surface area contributed by atoms with Crippen molar-refractivity contribution in [3.8, 4) is 11.5 Å². The SMILES string of the molecule is COc1cc2ncn(Cc3ccc(Cl)cc3Cl)c(=O)c2cc1OC. The van der Waals surface area contributed by atoms with Crippen molar-refractivity contribution in [3.63, 3.8) is 0 Å². The molecule has 1 aromatic heterocycles. The largest absolute Gasteiger partial charge is 0.493 e. The Kier molecular flexibility index (Phi) is 4.64. The molecule has 0 amide bonds. The van der Waals surface area contributed by atoms with E-state index >= 15 is 0 Å². The van der Waals surface area contributed by atoms with Gasteiger partial charge in [0.15, 0.2) is 11.5 Å². The Balaban J connectivity index is 2.09. The van der Waals surface area contributed by atoms with Crippen LogP contribution in [0.3, 0.4) is 0 Å². The summed E-state index contributed by atoms with van der Waals surface area (Å²) in [6.07, 6.45) is 1.49. The van der Waals surface area contributed by atoms with Crippen molar-refractivity contribution in [2.75, 3.05) is 14.2 Å². The van der Waals surface area contributed by atoms with E-state index in [2.05, 4.69) is 4.98 Å². The maximum absolute atomic E-state index is 12.7. The smallest absolute Gasteiger partial charge is 0.261 e. The highest BCUT2D eigenvalue weighted by Crippen LogP contribution is 2.30. The predicted molar refractivity (Wildman–Crippen MR) is 94.7 cm³/mol. The molecule has 0 N–H and O–H groups in total. The molecule has 3 rings (SSSR count). The fraction of sp³-hybridized carbons (Fsp3) is 0.176. The Morgan fingerprint density at radius 2 is 1.79 bits per heavy atom. The third-order valence-corrected chi connectivity index (χ3v) is 4.27. The molecule has 0 spiro atoms. The quantitative estimate of drug-likeness (QED) is 0.706. The van der Waals surface area contributed by atoms with Gasteiger partial charge in [0.25, 0.3) is 5.56 Å². The molecule has 0 saturated carbocycles. The minimum atomic E-state index is -0.188. The van der Waals surface area contributed by atoms with Gasteiger partial charge < -0.3 is 9.47 Å². The molecule has 1 heterocycles. The number of halogens is 2. The summed E-state index contributed by atoms with van der Waals surface area (Å²) in [4.78, 5) is 17.1. The fourth-order valence-corrected chi connectivity index (χ4v) is 2.90. The van der Waals surface area contributed by atoms with Crippen LogP contribution in [0.4, 0.5) is 0 Å². The van der Waals surface area contributed by atoms with Gasteiger partial charge in [-0.2, -0.15) is 0 Å². The molecule has 0 aliphatic heterocycles. The molecule has 5 nitrogen and oxygen atoms in total. The topological polar surface area (TPSA) is 53.4 Å². The number of ether oxygens (including phenoxy) is 2. The van der Waals surface area contributed by atoms with Gasteiger partial charge >= 0.3 is 0 Å². The van der Waals surface area contributed by atoms with Gasteiger partial charge in [0.05, 0.1) is 38.0 Å². The Bertz CT molecular complexity index is 970. The standard InChI is InChI=1S/C17H14Cl2N2O3/c1-23-15-6-12-14(7-16(15)24-2)20-9-21(17(12)22)8-10-3-4-11(18)5-13(10)19/h3-7,9H,8H2,1-2H3. The van der Waals surface area contributed by atoms with E-state index in [-0.39, 0.29) is 5.56 Å². The second-order valence-corrected chi connectivity index (χ2v) is 5.98. The van der Waals surface area contributed by atoms with Crippen molar-refractivity contribution >= 4 is 34.1 Å². The highest BCUT2D eigenvalue weighted by molar-refractivity contribution is 6.35. The Morgan fingerprint density at radius 3 is 2.46 bits per heavy atom. The van der Waals surface area contributed by atoms with E-state index in [4.69, 9.17) is 32.7 Å². The van der Waals surface area contributed by atoms with Crippen molar-refractivity contribution in [2.45, 2.75) is 6.54 Å². The third kappa shape index (κ3) is 3.05. The lowest BCUT2D eigenvalue weighted by atomic mass is 10.2. The number of benzene rings is 2. The molecule has 0 radical (unpaired) electrons. The van der Waals surface area contributed by atoms with Gasteiger partial charge in [0.2, 0.25) is 0 Å². The van der Waals surface area contributed by atoms with Crippen LogP contribution in [0.1, 0.15) is 5.56 Å². The summed E-state index contributed by atoms with van der Waals surface area (Å²) in [5.74, 6) is 1.00. The monoisotopic (exact) mass is 364 g/mol. The van der Waals surface area contributed by atoms with Gasteiger partial charge in [-0.15, -0.1) is 0 Å². The molecule has 0 aliphatic rings. The molecule has 3 aromatic rings. The summed E-state index contributed by atoms with van der Waals surface area (Å²) in [5.41, 5.74) is 1.13. The second kappa shape index (κ2) is 6.71. The van der Waals surface area contributed by atoms with Crippen molar-refractivity contribution in [1.82, 2.24) is 9.55 Å². The van der Waals surface area contributed by atoms with E-state index in [1.54, 1.807) is 30.3 Å². The minimum Gasteiger partial charge on any atom is -0.493 e. The van der Waals surface area contributed by atoms with E-state index in [0.717, 1.165) is 5.56 Å². The molecule has 24 heavy (non-hydrogen) atoms. The lowest BCUT2D eigenvalue weighted by molar-refractivity contribution is 0.355. The first-order valence-electron chi connectivity index (χ1n) is 7.08. The molecule has 124 valence electrons. The lowest BCUT2D eigenvalue weighted by Gasteiger charge is -2.11. The summed E-state index contributed by atoms with van der Waals surface area (Å²) >= 11 is 12.1. The van der Waals surface area contributed by atoms with E-state index in [9.17, 15) is 4.79 Å². The van der Waals surface area contributed by atoms with Crippen molar-refractivity contribution in [3.05, 3.63) is 62.6 Å². The predicted octanol–water partition coefficient (Wildman–Crippen LogP) is 3.77. The first-order valence-corrected chi connectivity index (χ1v) is 7.84. The highest BCUT2D eigenvalue weighted by atomic mass is 35.5. The second-order valence-electron chi connectivity index (χ2n) is 5.14. The van der Waals surface area contributed by atoms with Crippen LogP contribution in [-0.4, -0.2) is 23.8 Å². The van der Waals surface area contributed by atoms with Crippen LogP contribution < -0.4 is 15.0 Å². The fourth-order valence-electron chi connectivity index (χ4n) is 2.43. The average Bonchev–Trinajstić information content (AvgIpc) is 2.58. The summed E-state index contributed by atoms with van der Waals surface area (Å²) in [7, 11) is 3.06. The van der Waals surface area contributed by atoms with Gasteiger partial charge in [-0.05, 0) is 23.8 Å². The van der Waals surface area contributed by atoms with Crippen LogP contribution in [0.25, 0.3) is 10.9 Å². The van der Waals surface area contributed by atoms with Gasteiger partial charge in [0.1, 0.15) is 0 Å². The number of hydrogen-bond donors (Lipinski definition) is 0. The lowest BCUT2D eigenvalue weighted by Crippen LogP contribution is -2.21. The molecule has 0 aliphatic carbocycles. The molecule has 7 heteroatoms. The van der Waals surface area contributed by atoms with E-state index in [1.165, 1.54) is 25.1 Å². The first-order chi connectivity index (χ1) is 11.5. The Hall–Kier alpha value is -2.24. The molecule has 2 aromatic carbocycles. The van der Waals surface area contributed by atoms with Gasteiger partial charge in [-0.25, -0.2) is 4.98 Å². The Labute approximate surface area is 148 Å². The summed E-state index contributed by atoms with van der Waals surface area (Å²) < 4.78 is 12.0. The first kappa shape index (κ1) is 16.6. The normalized spacial score (nSPS) is 10.8. The average molecular weight is 365 g/mol. The molecular formula is C17H14Cl2N2O3.